The maximum atomic E-state index is 12.2. The van der Waals surface area contributed by atoms with Crippen LogP contribution >= 0.6 is 0 Å². The Morgan fingerprint density at radius 1 is 1.38 bits per heavy atom. The number of amides is 1. The molecule has 0 saturated heterocycles. The number of ether oxygens (including phenoxy) is 1. The molecule has 1 aliphatic rings. The van der Waals surface area contributed by atoms with Crippen LogP contribution in [0.5, 0.6) is 5.75 Å². The number of carbonyl (C=O) groups is 1. The second-order valence-corrected chi connectivity index (χ2v) is 7.38. The SMILES string of the molecule is CCCNC(=O)[C@@H]1CN(CCCCS(=O)(=O)O)c2ccccc2O1. The molecule has 1 amide bonds. The van der Waals surface area contributed by atoms with Crippen LogP contribution in [0.3, 0.4) is 0 Å². The fraction of sp³-hybridized carbons (Fsp3) is 0.562. The minimum Gasteiger partial charge on any atom is -0.477 e. The topological polar surface area (TPSA) is 95.9 Å². The molecule has 0 aromatic heterocycles. The maximum Gasteiger partial charge on any atom is 0.264 e. The van der Waals surface area contributed by atoms with Crippen molar-refractivity contribution in [3.8, 4) is 5.75 Å². The van der Waals surface area contributed by atoms with E-state index in [1.54, 1.807) is 0 Å². The van der Waals surface area contributed by atoms with Gasteiger partial charge in [-0.25, -0.2) is 0 Å². The fourth-order valence-electron chi connectivity index (χ4n) is 2.60. The van der Waals surface area contributed by atoms with E-state index >= 15 is 0 Å². The third kappa shape index (κ3) is 5.38. The summed E-state index contributed by atoms with van der Waals surface area (Å²) in [7, 11) is -3.93. The molecule has 8 heteroatoms. The minimum atomic E-state index is -3.93. The molecular weight excluding hydrogens is 332 g/mol. The number of rotatable bonds is 8. The molecule has 2 N–H and O–H groups in total. The van der Waals surface area contributed by atoms with Gasteiger partial charge in [0.1, 0.15) is 5.75 Å². The van der Waals surface area contributed by atoms with E-state index in [1.165, 1.54) is 0 Å². The summed E-state index contributed by atoms with van der Waals surface area (Å²) in [4.78, 5) is 14.2. The summed E-state index contributed by atoms with van der Waals surface area (Å²) >= 11 is 0. The maximum absolute atomic E-state index is 12.2. The van der Waals surface area contributed by atoms with E-state index in [2.05, 4.69) is 5.32 Å². The number of unbranched alkanes of at least 4 members (excludes halogenated alkanes) is 1. The first-order valence-electron chi connectivity index (χ1n) is 8.14. The quantitative estimate of drug-likeness (QED) is 0.541. The third-order valence-electron chi connectivity index (χ3n) is 3.78. The smallest absolute Gasteiger partial charge is 0.264 e. The van der Waals surface area contributed by atoms with Gasteiger partial charge in [0, 0.05) is 13.1 Å². The highest BCUT2D eigenvalue weighted by atomic mass is 32.2. The summed E-state index contributed by atoms with van der Waals surface area (Å²) in [6, 6.07) is 7.48. The molecule has 7 nitrogen and oxygen atoms in total. The Balaban J connectivity index is 2.01. The van der Waals surface area contributed by atoms with E-state index in [-0.39, 0.29) is 11.7 Å². The van der Waals surface area contributed by atoms with E-state index in [1.807, 2.05) is 36.1 Å². The number of anilines is 1. The summed E-state index contributed by atoms with van der Waals surface area (Å²) < 4.78 is 36.2. The number of benzene rings is 1. The van der Waals surface area contributed by atoms with Gasteiger partial charge in [-0.2, -0.15) is 8.42 Å². The van der Waals surface area contributed by atoms with Crippen LogP contribution in [-0.2, 0) is 14.9 Å². The van der Waals surface area contributed by atoms with Crippen molar-refractivity contribution < 1.29 is 22.5 Å². The van der Waals surface area contributed by atoms with Gasteiger partial charge >= 0.3 is 0 Å². The Hall–Kier alpha value is -1.80. The van der Waals surface area contributed by atoms with E-state index < -0.39 is 16.2 Å². The van der Waals surface area contributed by atoms with E-state index in [9.17, 15) is 13.2 Å². The van der Waals surface area contributed by atoms with Gasteiger partial charge < -0.3 is 15.0 Å². The Morgan fingerprint density at radius 2 is 2.12 bits per heavy atom. The highest BCUT2D eigenvalue weighted by Crippen LogP contribution is 2.33. The third-order valence-corrected chi connectivity index (χ3v) is 4.59. The number of nitrogens with zero attached hydrogens (tertiary/aromatic N) is 1. The van der Waals surface area contributed by atoms with Crippen LogP contribution in [0.15, 0.2) is 24.3 Å². The molecule has 0 spiro atoms. The average molecular weight is 356 g/mol. The first-order chi connectivity index (χ1) is 11.4. The molecule has 0 unspecified atom stereocenters. The molecule has 0 saturated carbocycles. The molecule has 1 aliphatic heterocycles. The second kappa shape index (κ2) is 8.34. The zero-order valence-electron chi connectivity index (χ0n) is 13.8. The van der Waals surface area contributed by atoms with Crippen molar-refractivity contribution in [1.29, 1.82) is 0 Å². The van der Waals surface area contributed by atoms with Crippen LogP contribution in [0.2, 0.25) is 0 Å². The Bertz CT molecular complexity index is 662. The number of fused-ring (bicyclic) bond motifs is 1. The van der Waals surface area contributed by atoms with Crippen LogP contribution < -0.4 is 15.0 Å². The second-order valence-electron chi connectivity index (χ2n) is 5.80. The lowest BCUT2D eigenvalue weighted by Gasteiger charge is -2.35. The molecule has 1 atom stereocenters. The lowest BCUT2D eigenvalue weighted by molar-refractivity contribution is -0.127. The molecule has 1 heterocycles. The monoisotopic (exact) mass is 356 g/mol. The molecule has 2 rings (SSSR count). The Morgan fingerprint density at radius 3 is 2.83 bits per heavy atom. The summed E-state index contributed by atoms with van der Waals surface area (Å²) in [5.74, 6) is 0.254. The van der Waals surface area contributed by atoms with Crippen molar-refractivity contribution in [2.75, 3.05) is 30.3 Å². The average Bonchev–Trinajstić information content (AvgIpc) is 2.55. The van der Waals surface area contributed by atoms with Gasteiger partial charge in [-0.3, -0.25) is 9.35 Å². The predicted molar refractivity (Wildman–Crippen MR) is 92.0 cm³/mol. The van der Waals surface area contributed by atoms with Crippen molar-refractivity contribution in [1.82, 2.24) is 5.32 Å². The molecule has 134 valence electrons. The first kappa shape index (κ1) is 18.5. The minimum absolute atomic E-state index is 0.144. The summed E-state index contributed by atoms with van der Waals surface area (Å²) in [6.45, 7) is 3.60. The Kier molecular flexibility index (Phi) is 6.44. The number of carbonyl (C=O) groups excluding carboxylic acids is 1. The summed E-state index contributed by atoms with van der Waals surface area (Å²) in [5.41, 5.74) is 0.892. The highest BCUT2D eigenvalue weighted by molar-refractivity contribution is 7.85. The van der Waals surface area contributed by atoms with Crippen LogP contribution in [0.25, 0.3) is 0 Å². The number of hydrogen-bond acceptors (Lipinski definition) is 5. The van der Waals surface area contributed by atoms with Crippen molar-refractivity contribution in [3.05, 3.63) is 24.3 Å². The van der Waals surface area contributed by atoms with Gasteiger partial charge in [0.15, 0.2) is 6.10 Å². The van der Waals surface area contributed by atoms with E-state index in [4.69, 9.17) is 9.29 Å². The first-order valence-corrected chi connectivity index (χ1v) is 9.75. The van der Waals surface area contributed by atoms with Gasteiger partial charge in [0.2, 0.25) is 0 Å². The van der Waals surface area contributed by atoms with Crippen molar-refractivity contribution in [2.24, 2.45) is 0 Å². The van der Waals surface area contributed by atoms with Crippen molar-refractivity contribution in [2.45, 2.75) is 32.3 Å². The van der Waals surface area contributed by atoms with Crippen molar-refractivity contribution >= 4 is 21.7 Å². The van der Waals surface area contributed by atoms with Gasteiger partial charge in [-0.05, 0) is 31.4 Å². The van der Waals surface area contributed by atoms with Crippen LogP contribution in [0.1, 0.15) is 26.2 Å². The standard InChI is InChI=1S/C16H24N2O5S/c1-2-9-17-16(19)15-12-18(10-5-6-11-24(20,21)22)13-7-3-4-8-14(13)23-15/h3-4,7-8,15H,2,5-6,9-12H2,1H3,(H,17,19)(H,20,21,22)/t15-/m0/s1. The normalized spacial score (nSPS) is 17.1. The number of para-hydroxylation sites is 2. The zero-order valence-corrected chi connectivity index (χ0v) is 14.6. The van der Waals surface area contributed by atoms with Gasteiger partial charge in [-0.1, -0.05) is 19.1 Å². The predicted octanol–water partition coefficient (Wildman–Crippen LogP) is 1.45. The van der Waals surface area contributed by atoms with Crippen LogP contribution in [0, 0.1) is 0 Å². The van der Waals surface area contributed by atoms with E-state index in [0.717, 1.165) is 12.1 Å². The molecular formula is C16H24N2O5S. The fourth-order valence-corrected chi connectivity index (χ4v) is 3.17. The largest absolute Gasteiger partial charge is 0.477 e. The molecule has 0 fully saturated rings. The number of nitrogens with one attached hydrogen (secondary N) is 1. The van der Waals surface area contributed by atoms with E-state index in [0.29, 0.717) is 38.2 Å². The molecule has 1 aromatic rings. The van der Waals surface area contributed by atoms with Crippen LogP contribution in [-0.4, -0.2) is 50.4 Å². The zero-order chi connectivity index (χ0) is 17.6. The summed E-state index contributed by atoms with van der Waals surface area (Å²) in [6.07, 6.45) is 1.23. The summed E-state index contributed by atoms with van der Waals surface area (Å²) in [5, 5.41) is 2.84. The number of hydrogen-bond donors (Lipinski definition) is 2. The molecule has 0 aliphatic carbocycles. The van der Waals surface area contributed by atoms with Gasteiger partial charge in [-0.15, -0.1) is 0 Å². The molecule has 0 radical (unpaired) electrons. The van der Waals surface area contributed by atoms with Crippen molar-refractivity contribution in [3.63, 3.8) is 0 Å². The van der Waals surface area contributed by atoms with Gasteiger partial charge in [0.05, 0.1) is 18.0 Å². The van der Waals surface area contributed by atoms with Gasteiger partial charge in [0.25, 0.3) is 16.0 Å². The molecule has 1 aromatic carbocycles. The van der Waals surface area contributed by atoms with Crippen LogP contribution in [0.4, 0.5) is 5.69 Å². The highest BCUT2D eigenvalue weighted by Gasteiger charge is 2.30. The molecule has 24 heavy (non-hydrogen) atoms. The lowest BCUT2D eigenvalue weighted by Crippen LogP contribution is -2.49. The Labute approximate surface area is 142 Å². The lowest BCUT2D eigenvalue weighted by atomic mass is 10.1. The molecule has 0 bridgehead atoms.